The van der Waals surface area contributed by atoms with Crippen molar-refractivity contribution in [2.24, 2.45) is 0 Å². The van der Waals surface area contributed by atoms with Crippen LogP contribution in [0, 0.1) is 12.7 Å². The first kappa shape index (κ1) is 17.7. The molecule has 7 heteroatoms. The van der Waals surface area contributed by atoms with Crippen LogP contribution in [0.15, 0.2) is 48.5 Å². The van der Waals surface area contributed by atoms with Gasteiger partial charge < -0.3 is 4.90 Å². The van der Waals surface area contributed by atoms with Crippen molar-refractivity contribution in [2.75, 3.05) is 7.05 Å². The molecule has 0 radical (unpaired) electrons. The summed E-state index contributed by atoms with van der Waals surface area (Å²) < 4.78 is 13.3. The van der Waals surface area contributed by atoms with E-state index in [1.54, 1.807) is 26.1 Å². The van der Waals surface area contributed by atoms with Crippen LogP contribution in [-0.4, -0.2) is 38.1 Å². The van der Waals surface area contributed by atoms with E-state index in [1.165, 1.54) is 21.8 Å². The number of tetrazole rings is 1. The van der Waals surface area contributed by atoms with Crippen LogP contribution in [0.1, 0.15) is 24.1 Å². The maximum atomic E-state index is 13.3. The van der Waals surface area contributed by atoms with Gasteiger partial charge in [-0.15, -0.1) is 10.2 Å². The molecule has 0 aliphatic heterocycles. The van der Waals surface area contributed by atoms with Gasteiger partial charge in [0.15, 0.2) is 0 Å². The Morgan fingerprint density at radius 2 is 1.96 bits per heavy atom. The van der Waals surface area contributed by atoms with E-state index in [2.05, 4.69) is 15.4 Å². The third-order valence-corrected chi connectivity index (χ3v) is 4.13. The van der Waals surface area contributed by atoms with Gasteiger partial charge in [-0.3, -0.25) is 4.79 Å². The number of carbonyl (C=O) groups excluding carboxylic acids is 1. The van der Waals surface area contributed by atoms with Gasteiger partial charge in [0.1, 0.15) is 11.9 Å². The lowest BCUT2D eigenvalue weighted by Gasteiger charge is -2.20. The Morgan fingerprint density at radius 1 is 1.23 bits per heavy atom. The summed E-state index contributed by atoms with van der Waals surface area (Å²) in [5, 5.41) is 12.4. The molecule has 6 nitrogen and oxygen atoms in total. The molecule has 1 amide bonds. The first-order valence-corrected chi connectivity index (χ1v) is 8.30. The van der Waals surface area contributed by atoms with Gasteiger partial charge >= 0.3 is 0 Å². The molecule has 3 aromatic rings. The predicted octanol–water partition coefficient (Wildman–Crippen LogP) is 3.01. The van der Waals surface area contributed by atoms with E-state index in [1.807, 2.05) is 31.2 Å². The molecule has 0 aliphatic carbocycles. The summed E-state index contributed by atoms with van der Waals surface area (Å²) in [7, 11) is 1.67. The number of hydrogen-bond donors (Lipinski definition) is 0. The second-order valence-electron chi connectivity index (χ2n) is 6.30. The van der Waals surface area contributed by atoms with Gasteiger partial charge in [-0.25, -0.2) is 4.39 Å². The molecule has 1 aromatic heterocycles. The Bertz CT molecular complexity index is 906. The molecule has 1 heterocycles. The van der Waals surface area contributed by atoms with Crippen molar-refractivity contribution in [3.05, 3.63) is 65.5 Å². The van der Waals surface area contributed by atoms with Gasteiger partial charge in [0.2, 0.25) is 11.7 Å². The van der Waals surface area contributed by atoms with Crippen LogP contribution in [0.4, 0.5) is 4.39 Å². The van der Waals surface area contributed by atoms with E-state index in [9.17, 15) is 9.18 Å². The third kappa shape index (κ3) is 3.93. The lowest BCUT2D eigenvalue weighted by molar-refractivity contribution is -0.134. The highest BCUT2D eigenvalue weighted by molar-refractivity contribution is 5.79. The molecule has 0 N–H and O–H groups in total. The van der Waals surface area contributed by atoms with Crippen LogP contribution in [0.5, 0.6) is 0 Å². The first-order valence-electron chi connectivity index (χ1n) is 8.30. The molecule has 0 unspecified atom stereocenters. The molecule has 1 atom stereocenters. The Kier molecular flexibility index (Phi) is 5.06. The molecule has 0 spiro atoms. The minimum atomic E-state index is -0.611. The van der Waals surface area contributed by atoms with Crippen LogP contribution in [0.25, 0.3) is 11.4 Å². The summed E-state index contributed by atoms with van der Waals surface area (Å²) >= 11 is 0. The Hall–Kier alpha value is -3.09. The van der Waals surface area contributed by atoms with Crippen molar-refractivity contribution in [2.45, 2.75) is 26.4 Å². The zero-order chi connectivity index (χ0) is 18.7. The van der Waals surface area contributed by atoms with Gasteiger partial charge in [0.25, 0.3) is 0 Å². The van der Waals surface area contributed by atoms with Crippen molar-refractivity contribution in [1.82, 2.24) is 25.1 Å². The van der Waals surface area contributed by atoms with E-state index >= 15 is 0 Å². The molecule has 134 valence electrons. The largest absolute Gasteiger partial charge is 0.340 e. The molecule has 3 rings (SSSR count). The lowest BCUT2D eigenvalue weighted by atomic mass is 10.1. The number of hydrogen-bond acceptors (Lipinski definition) is 4. The molecule has 0 fully saturated rings. The van der Waals surface area contributed by atoms with Gasteiger partial charge in [0.05, 0.1) is 0 Å². The predicted molar refractivity (Wildman–Crippen MR) is 95.6 cm³/mol. The highest BCUT2D eigenvalue weighted by atomic mass is 19.1. The molecule has 2 aromatic carbocycles. The summed E-state index contributed by atoms with van der Waals surface area (Å²) in [5.74, 6) is -0.0309. The SMILES string of the molecule is Cc1ccc(-c2nnn([C@@H](C)C(=O)N(C)Cc3cccc(F)c3)n2)cc1. The number of halogens is 1. The second kappa shape index (κ2) is 7.43. The van der Waals surface area contributed by atoms with E-state index in [0.29, 0.717) is 12.4 Å². The number of likely N-dealkylation sites (N-methyl/N-ethyl adjacent to an activating group) is 1. The summed E-state index contributed by atoms with van der Waals surface area (Å²) in [5.41, 5.74) is 2.71. The van der Waals surface area contributed by atoms with Crippen molar-refractivity contribution < 1.29 is 9.18 Å². The van der Waals surface area contributed by atoms with Crippen LogP contribution in [0.2, 0.25) is 0 Å². The maximum absolute atomic E-state index is 13.3. The summed E-state index contributed by atoms with van der Waals surface area (Å²) in [6.45, 7) is 4.02. The van der Waals surface area contributed by atoms with Crippen molar-refractivity contribution in [1.29, 1.82) is 0 Å². The van der Waals surface area contributed by atoms with E-state index in [4.69, 9.17) is 0 Å². The summed E-state index contributed by atoms with van der Waals surface area (Å²) in [4.78, 5) is 15.5. The quantitative estimate of drug-likeness (QED) is 0.707. The molecule has 0 aliphatic rings. The van der Waals surface area contributed by atoms with Crippen molar-refractivity contribution in [3.8, 4) is 11.4 Å². The zero-order valence-electron chi connectivity index (χ0n) is 14.9. The number of rotatable bonds is 5. The number of amides is 1. The number of nitrogens with zero attached hydrogens (tertiary/aromatic N) is 5. The van der Waals surface area contributed by atoms with Gasteiger partial charge in [0, 0.05) is 19.2 Å². The second-order valence-corrected chi connectivity index (χ2v) is 6.30. The smallest absolute Gasteiger partial charge is 0.249 e. The Morgan fingerprint density at radius 3 is 2.65 bits per heavy atom. The molecule has 0 bridgehead atoms. The minimum Gasteiger partial charge on any atom is -0.340 e. The van der Waals surface area contributed by atoms with Gasteiger partial charge in [-0.05, 0) is 36.8 Å². The number of aryl methyl sites for hydroxylation is 1. The van der Waals surface area contributed by atoms with Crippen LogP contribution in [0.3, 0.4) is 0 Å². The summed E-state index contributed by atoms with van der Waals surface area (Å²) in [6.07, 6.45) is 0. The van der Waals surface area contributed by atoms with Crippen molar-refractivity contribution in [3.63, 3.8) is 0 Å². The highest BCUT2D eigenvalue weighted by Crippen LogP contribution is 2.16. The van der Waals surface area contributed by atoms with Crippen molar-refractivity contribution >= 4 is 5.91 Å². The van der Waals surface area contributed by atoms with Crippen LogP contribution < -0.4 is 0 Å². The topological polar surface area (TPSA) is 63.9 Å². The minimum absolute atomic E-state index is 0.179. The number of benzene rings is 2. The average Bonchev–Trinajstić information content (AvgIpc) is 3.11. The van der Waals surface area contributed by atoms with Crippen LogP contribution >= 0.6 is 0 Å². The third-order valence-electron chi connectivity index (χ3n) is 4.13. The summed E-state index contributed by atoms with van der Waals surface area (Å²) in [6, 6.07) is 13.4. The number of aromatic nitrogens is 4. The monoisotopic (exact) mass is 353 g/mol. The number of carbonyl (C=O) groups is 1. The standard InChI is InChI=1S/C19H20FN5O/c1-13-7-9-16(10-8-13)18-21-23-25(22-18)14(2)19(26)24(3)12-15-5-4-6-17(20)11-15/h4-11,14H,12H2,1-3H3/t14-/m0/s1. The normalized spacial score (nSPS) is 12.0. The fourth-order valence-electron chi connectivity index (χ4n) is 2.61. The molecule has 0 saturated heterocycles. The van der Waals surface area contributed by atoms with E-state index in [0.717, 1.165) is 16.7 Å². The molecule has 0 saturated carbocycles. The first-order chi connectivity index (χ1) is 12.4. The fourth-order valence-corrected chi connectivity index (χ4v) is 2.61. The van der Waals surface area contributed by atoms with E-state index < -0.39 is 6.04 Å². The fraction of sp³-hybridized carbons (Fsp3) is 0.263. The Balaban J connectivity index is 1.71. The van der Waals surface area contributed by atoms with Gasteiger partial charge in [-0.2, -0.15) is 4.80 Å². The highest BCUT2D eigenvalue weighted by Gasteiger charge is 2.22. The van der Waals surface area contributed by atoms with Crippen LogP contribution in [-0.2, 0) is 11.3 Å². The molecule has 26 heavy (non-hydrogen) atoms. The van der Waals surface area contributed by atoms with Gasteiger partial charge in [-0.1, -0.05) is 42.0 Å². The molecular weight excluding hydrogens is 333 g/mol. The maximum Gasteiger partial charge on any atom is 0.249 e. The zero-order valence-corrected chi connectivity index (χ0v) is 14.9. The van der Waals surface area contributed by atoms with E-state index in [-0.39, 0.29) is 11.7 Å². The molecular formula is C19H20FN5O. The lowest BCUT2D eigenvalue weighted by Crippen LogP contribution is -2.33. The Labute approximate surface area is 151 Å². The average molecular weight is 353 g/mol.